The van der Waals surface area contributed by atoms with Gasteiger partial charge in [0.25, 0.3) is 0 Å². The fraction of sp³-hybridized carbons (Fsp3) is 1.00. The SMILES string of the molecule is COCCOCCN[C@@H](C)C1CCCCC1. The Balaban J connectivity index is 1.94. The molecule has 0 spiro atoms. The summed E-state index contributed by atoms with van der Waals surface area (Å²) in [5.41, 5.74) is 0. The zero-order valence-corrected chi connectivity index (χ0v) is 10.8. The van der Waals surface area contributed by atoms with E-state index in [9.17, 15) is 0 Å². The highest BCUT2D eigenvalue weighted by Gasteiger charge is 2.18. The molecule has 1 atom stereocenters. The van der Waals surface area contributed by atoms with Crippen molar-refractivity contribution in [3.8, 4) is 0 Å². The Hall–Kier alpha value is -0.120. The van der Waals surface area contributed by atoms with Crippen LogP contribution in [0.25, 0.3) is 0 Å². The fourth-order valence-corrected chi connectivity index (χ4v) is 2.40. The van der Waals surface area contributed by atoms with E-state index in [2.05, 4.69) is 12.2 Å². The highest BCUT2D eigenvalue weighted by atomic mass is 16.5. The molecule has 1 aliphatic carbocycles. The molecule has 0 radical (unpaired) electrons. The molecule has 0 bridgehead atoms. The third kappa shape index (κ3) is 5.83. The van der Waals surface area contributed by atoms with E-state index in [1.807, 2.05) is 0 Å². The normalized spacial score (nSPS) is 19.9. The summed E-state index contributed by atoms with van der Waals surface area (Å²) in [6.45, 7) is 5.46. The predicted molar refractivity (Wildman–Crippen MR) is 66.7 cm³/mol. The second kappa shape index (κ2) is 8.97. The van der Waals surface area contributed by atoms with Crippen LogP contribution < -0.4 is 5.32 Å². The molecule has 1 rings (SSSR count). The van der Waals surface area contributed by atoms with E-state index in [4.69, 9.17) is 9.47 Å². The van der Waals surface area contributed by atoms with Crippen LogP contribution in [0.5, 0.6) is 0 Å². The van der Waals surface area contributed by atoms with Gasteiger partial charge in [0.15, 0.2) is 0 Å². The summed E-state index contributed by atoms with van der Waals surface area (Å²) in [5, 5.41) is 3.56. The van der Waals surface area contributed by atoms with Gasteiger partial charge in [0, 0.05) is 19.7 Å². The van der Waals surface area contributed by atoms with Gasteiger partial charge in [0.1, 0.15) is 0 Å². The molecule has 1 saturated carbocycles. The minimum absolute atomic E-state index is 0.645. The maximum atomic E-state index is 5.42. The molecule has 96 valence electrons. The molecule has 0 amide bonds. The van der Waals surface area contributed by atoms with Crippen LogP contribution in [0.4, 0.5) is 0 Å². The molecule has 1 aliphatic rings. The lowest BCUT2D eigenvalue weighted by atomic mass is 9.84. The first kappa shape index (κ1) is 13.9. The first-order valence-corrected chi connectivity index (χ1v) is 6.64. The zero-order chi connectivity index (χ0) is 11.6. The summed E-state index contributed by atoms with van der Waals surface area (Å²) in [6, 6.07) is 0.645. The molecule has 16 heavy (non-hydrogen) atoms. The van der Waals surface area contributed by atoms with Crippen LogP contribution in [-0.4, -0.2) is 39.5 Å². The number of rotatable bonds is 8. The molecule has 0 saturated heterocycles. The van der Waals surface area contributed by atoms with Crippen molar-refractivity contribution in [3.05, 3.63) is 0 Å². The van der Waals surface area contributed by atoms with E-state index < -0.39 is 0 Å². The fourth-order valence-electron chi connectivity index (χ4n) is 2.40. The van der Waals surface area contributed by atoms with Crippen LogP contribution in [0, 0.1) is 5.92 Å². The van der Waals surface area contributed by atoms with Gasteiger partial charge in [-0.15, -0.1) is 0 Å². The number of hydrogen-bond donors (Lipinski definition) is 1. The van der Waals surface area contributed by atoms with E-state index in [1.165, 1.54) is 32.1 Å². The highest BCUT2D eigenvalue weighted by Crippen LogP contribution is 2.26. The number of nitrogens with one attached hydrogen (secondary N) is 1. The molecule has 0 aromatic carbocycles. The molecule has 0 heterocycles. The summed E-state index contributed by atoms with van der Waals surface area (Å²) in [5.74, 6) is 0.882. The monoisotopic (exact) mass is 229 g/mol. The maximum absolute atomic E-state index is 5.42. The van der Waals surface area contributed by atoms with Crippen molar-refractivity contribution in [2.75, 3.05) is 33.5 Å². The Morgan fingerprint density at radius 1 is 1.12 bits per heavy atom. The Morgan fingerprint density at radius 2 is 1.88 bits per heavy atom. The Labute approximate surface area is 99.9 Å². The minimum Gasteiger partial charge on any atom is -0.382 e. The lowest BCUT2D eigenvalue weighted by Crippen LogP contribution is -2.36. The molecule has 1 N–H and O–H groups in total. The van der Waals surface area contributed by atoms with Crippen molar-refractivity contribution in [2.45, 2.75) is 45.1 Å². The van der Waals surface area contributed by atoms with Gasteiger partial charge in [-0.2, -0.15) is 0 Å². The van der Waals surface area contributed by atoms with Crippen molar-refractivity contribution < 1.29 is 9.47 Å². The van der Waals surface area contributed by atoms with E-state index in [-0.39, 0.29) is 0 Å². The first-order chi connectivity index (χ1) is 7.84. The summed E-state index contributed by atoms with van der Waals surface area (Å²) >= 11 is 0. The van der Waals surface area contributed by atoms with Crippen LogP contribution in [0.2, 0.25) is 0 Å². The number of hydrogen-bond acceptors (Lipinski definition) is 3. The van der Waals surface area contributed by atoms with Gasteiger partial charge < -0.3 is 14.8 Å². The second-order valence-corrected chi connectivity index (χ2v) is 4.75. The Morgan fingerprint density at radius 3 is 2.56 bits per heavy atom. The Bertz CT molecular complexity index is 158. The summed E-state index contributed by atoms with van der Waals surface area (Å²) < 4.78 is 10.3. The van der Waals surface area contributed by atoms with Crippen molar-refractivity contribution in [1.29, 1.82) is 0 Å². The lowest BCUT2D eigenvalue weighted by Gasteiger charge is -2.28. The summed E-state index contributed by atoms with van der Waals surface area (Å²) in [4.78, 5) is 0. The second-order valence-electron chi connectivity index (χ2n) is 4.75. The average molecular weight is 229 g/mol. The van der Waals surface area contributed by atoms with Gasteiger partial charge in [0.2, 0.25) is 0 Å². The van der Waals surface area contributed by atoms with Crippen LogP contribution in [0.1, 0.15) is 39.0 Å². The molecule has 0 aliphatic heterocycles. The van der Waals surface area contributed by atoms with Crippen molar-refractivity contribution in [1.82, 2.24) is 5.32 Å². The van der Waals surface area contributed by atoms with Gasteiger partial charge in [-0.3, -0.25) is 0 Å². The number of methoxy groups -OCH3 is 1. The van der Waals surface area contributed by atoms with Gasteiger partial charge >= 0.3 is 0 Å². The van der Waals surface area contributed by atoms with Crippen LogP contribution in [-0.2, 0) is 9.47 Å². The highest BCUT2D eigenvalue weighted by molar-refractivity contribution is 4.75. The van der Waals surface area contributed by atoms with Crippen LogP contribution >= 0.6 is 0 Å². The molecule has 0 aromatic heterocycles. The molecule has 1 fully saturated rings. The number of ether oxygens (including phenoxy) is 2. The smallest absolute Gasteiger partial charge is 0.0700 e. The van der Waals surface area contributed by atoms with E-state index in [1.54, 1.807) is 7.11 Å². The third-order valence-electron chi connectivity index (χ3n) is 3.50. The quantitative estimate of drug-likeness (QED) is 0.647. The predicted octanol–water partition coefficient (Wildman–Crippen LogP) is 2.21. The van der Waals surface area contributed by atoms with Crippen molar-refractivity contribution in [2.24, 2.45) is 5.92 Å². The zero-order valence-electron chi connectivity index (χ0n) is 10.8. The van der Waals surface area contributed by atoms with E-state index in [0.717, 1.165) is 19.1 Å². The van der Waals surface area contributed by atoms with Crippen molar-refractivity contribution in [3.63, 3.8) is 0 Å². The molecule has 0 aromatic rings. The van der Waals surface area contributed by atoms with Gasteiger partial charge in [-0.05, 0) is 25.7 Å². The minimum atomic E-state index is 0.645. The van der Waals surface area contributed by atoms with Crippen LogP contribution in [0.3, 0.4) is 0 Å². The van der Waals surface area contributed by atoms with Gasteiger partial charge in [-0.1, -0.05) is 19.3 Å². The molecule has 0 unspecified atom stereocenters. The first-order valence-electron chi connectivity index (χ1n) is 6.64. The summed E-state index contributed by atoms with van der Waals surface area (Å²) in [6.07, 6.45) is 7.07. The molecule has 3 heteroatoms. The van der Waals surface area contributed by atoms with E-state index >= 15 is 0 Å². The summed E-state index contributed by atoms with van der Waals surface area (Å²) in [7, 11) is 1.70. The topological polar surface area (TPSA) is 30.5 Å². The van der Waals surface area contributed by atoms with E-state index in [0.29, 0.717) is 19.3 Å². The molecular formula is C13H27NO2. The maximum Gasteiger partial charge on any atom is 0.0700 e. The largest absolute Gasteiger partial charge is 0.382 e. The average Bonchev–Trinajstić information content (AvgIpc) is 2.34. The third-order valence-corrected chi connectivity index (χ3v) is 3.50. The standard InChI is InChI=1S/C13H27NO2/c1-12(13-6-4-3-5-7-13)14-8-9-16-11-10-15-2/h12-14H,3-11H2,1-2H3/t12-/m0/s1. The van der Waals surface area contributed by atoms with Crippen molar-refractivity contribution >= 4 is 0 Å². The molecule has 3 nitrogen and oxygen atoms in total. The lowest BCUT2D eigenvalue weighted by molar-refractivity contribution is 0.0701. The van der Waals surface area contributed by atoms with Crippen LogP contribution in [0.15, 0.2) is 0 Å². The molecular weight excluding hydrogens is 202 g/mol. The Kier molecular flexibility index (Phi) is 7.81. The van der Waals surface area contributed by atoms with Gasteiger partial charge in [0.05, 0.1) is 19.8 Å². The van der Waals surface area contributed by atoms with Gasteiger partial charge in [-0.25, -0.2) is 0 Å².